The smallest absolute Gasteiger partial charge is 0.162 e. The van der Waals surface area contributed by atoms with Gasteiger partial charge in [0.25, 0.3) is 0 Å². The lowest BCUT2D eigenvalue weighted by molar-refractivity contribution is 0.343. The SMILES string of the molecule is CCS(=O)(=O)C1(c2nc(CCl)cs2)CCC1. The first kappa shape index (κ1) is 12.3. The Morgan fingerprint density at radius 3 is 2.62 bits per heavy atom. The van der Waals surface area contributed by atoms with Crippen LogP contribution in [0.1, 0.15) is 36.9 Å². The van der Waals surface area contributed by atoms with E-state index in [1.807, 2.05) is 5.38 Å². The molecule has 0 saturated heterocycles. The Kier molecular flexibility index (Phi) is 3.29. The molecule has 0 aliphatic heterocycles. The highest BCUT2D eigenvalue weighted by Gasteiger charge is 2.51. The standard InChI is InChI=1S/C10H14ClNO2S2/c1-2-16(13,14)10(4-3-5-10)9-12-8(6-11)7-15-9/h7H,2-6H2,1H3. The summed E-state index contributed by atoms with van der Waals surface area (Å²) in [6.07, 6.45) is 2.38. The zero-order valence-corrected chi connectivity index (χ0v) is 11.5. The minimum absolute atomic E-state index is 0.183. The van der Waals surface area contributed by atoms with Gasteiger partial charge >= 0.3 is 0 Å². The van der Waals surface area contributed by atoms with Crippen molar-refractivity contribution >= 4 is 32.8 Å². The third-order valence-corrected chi connectivity index (χ3v) is 7.27. The number of thiazole rings is 1. The minimum Gasteiger partial charge on any atom is -0.243 e. The van der Waals surface area contributed by atoms with Gasteiger partial charge in [0.2, 0.25) is 0 Å². The first-order chi connectivity index (χ1) is 7.55. The number of nitrogens with zero attached hydrogens (tertiary/aromatic N) is 1. The van der Waals surface area contributed by atoms with Gasteiger partial charge in [0, 0.05) is 11.1 Å². The van der Waals surface area contributed by atoms with Crippen molar-refractivity contribution in [3.63, 3.8) is 0 Å². The summed E-state index contributed by atoms with van der Waals surface area (Å²) >= 11 is 7.12. The Morgan fingerprint density at radius 1 is 1.56 bits per heavy atom. The maximum atomic E-state index is 12.1. The molecule has 1 fully saturated rings. The summed E-state index contributed by atoms with van der Waals surface area (Å²) in [5.74, 6) is 0.529. The molecule has 0 bridgehead atoms. The van der Waals surface area contributed by atoms with Crippen molar-refractivity contribution in [2.45, 2.75) is 36.8 Å². The van der Waals surface area contributed by atoms with Gasteiger partial charge in [-0.25, -0.2) is 13.4 Å². The summed E-state index contributed by atoms with van der Waals surface area (Å²) in [6.45, 7) is 1.70. The fourth-order valence-corrected chi connectivity index (χ4v) is 5.51. The predicted molar refractivity (Wildman–Crippen MR) is 66.7 cm³/mol. The van der Waals surface area contributed by atoms with E-state index in [1.54, 1.807) is 6.92 Å². The fourth-order valence-electron chi connectivity index (χ4n) is 2.01. The predicted octanol–water partition coefficient (Wildman–Crippen LogP) is 2.70. The van der Waals surface area contributed by atoms with E-state index in [9.17, 15) is 8.42 Å². The number of aromatic nitrogens is 1. The van der Waals surface area contributed by atoms with Gasteiger partial charge in [-0.2, -0.15) is 0 Å². The van der Waals surface area contributed by atoms with Crippen LogP contribution < -0.4 is 0 Å². The number of hydrogen-bond acceptors (Lipinski definition) is 4. The minimum atomic E-state index is -3.07. The third-order valence-electron chi connectivity index (χ3n) is 3.22. The topological polar surface area (TPSA) is 47.0 Å². The summed E-state index contributed by atoms with van der Waals surface area (Å²) in [7, 11) is -3.07. The Morgan fingerprint density at radius 2 is 2.25 bits per heavy atom. The van der Waals surface area contributed by atoms with E-state index < -0.39 is 14.6 Å². The van der Waals surface area contributed by atoms with Gasteiger partial charge in [0.05, 0.1) is 11.6 Å². The molecule has 6 heteroatoms. The van der Waals surface area contributed by atoms with E-state index in [2.05, 4.69) is 4.98 Å². The second-order valence-corrected chi connectivity index (χ2v) is 7.74. The maximum absolute atomic E-state index is 12.1. The highest BCUT2D eigenvalue weighted by atomic mass is 35.5. The van der Waals surface area contributed by atoms with E-state index in [0.29, 0.717) is 18.7 Å². The zero-order chi connectivity index (χ0) is 11.8. The van der Waals surface area contributed by atoms with Gasteiger partial charge in [-0.1, -0.05) is 6.92 Å². The summed E-state index contributed by atoms with van der Waals surface area (Å²) in [5, 5.41) is 2.59. The Labute approximate surface area is 105 Å². The molecule has 0 aromatic carbocycles. The average molecular weight is 280 g/mol. The first-order valence-electron chi connectivity index (χ1n) is 5.29. The van der Waals surface area contributed by atoms with Crippen LogP contribution in [0.4, 0.5) is 0 Å². The van der Waals surface area contributed by atoms with Crippen molar-refractivity contribution in [1.82, 2.24) is 4.98 Å². The second kappa shape index (κ2) is 4.27. The van der Waals surface area contributed by atoms with E-state index in [1.165, 1.54) is 11.3 Å². The normalized spacial score (nSPS) is 19.4. The molecule has 1 heterocycles. The second-order valence-electron chi connectivity index (χ2n) is 4.03. The van der Waals surface area contributed by atoms with Crippen molar-refractivity contribution in [2.75, 3.05) is 5.75 Å². The molecule has 0 amide bonds. The van der Waals surface area contributed by atoms with Crippen LogP contribution in [0, 0.1) is 0 Å². The molecule has 2 rings (SSSR count). The maximum Gasteiger partial charge on any atom is 0.162 e. The highest BCUT2D eigenvalue weighted by Crippen LogP contribution is 2.49. The molecule has 90 valence electrons. The summed E-state index contributed by atoms with van der Waals surface area (Å²) < 4.78 is 23.6. The molecule has 0 radical (unpaired) electrons. The van der Waals surface area contributed by atoms with Crippen LogP contribution in [0.5, 0.6) is 0 Å². The van der Waals surface area contributed by atoms with E-state index in [0.717, 1.165) is 17.1 Å². The average Bonchev–Trinajstić information content (AvgIpc) is 2.64. The molecule has 0 spiro atoms. The van der Waals surface area contributed by atoms with Gasteiger partial charge < -0.3 is 0 Å². The molecule has 1 aliphatic carbocycles. The lowest BCUT2D eigenvalue weighted by Gasteiger charge is -2.38. The Hall–Kier alpha value is -0.130. The van der Waals surface area contributed by atoms with Gasteiger partial charge in [-0.3, -0.25) is 0 Å². The summed E-state index contributed by atoms with van der Waals surface area (Å²) in [4.78, 5) is 4.34. The molecule has 3 nitrogen and oxygen atoms in total. The van der Waals surface area contributed by atoms with Crippen LogP contribution in [0.2, 0.25) is 0 Å². The van der Waals surface area contributed by atoms with Gasteiger partial charge in [-0.05, 0) is 19.3 Å². The number of alkyl halides is 1. The fraction of sp³-hybridized carbons (Fsp3) is 0.700. The zero-order valence-electron chi connectivity index (χ0n) is 9.07. The van der Waals surface area contributed by atoms with Crippen LogP contribution in [-0.4, -0.2) is 19.2 Å². The lowest BCUT2D eigenvalue weighted by Crippen LogP contribution is -2.43. The Balaban J connectivity index is 2.43. The van der Waals surface area contributed by atoms with Crippen molar-refractivity contribution < 1.29 is 8.42 Å². The number of halogens is 1. The lowest BCUT2D eigenvalue weighted by atomic mass is 9.85. The van der Waals surface area contributed by atoms with Crippen LogP contribution in [0.15, 0.2) is 5.38 Å². The Bertz CT molecular complexity index is 477. The van der Waals surface area contributed by atoms with Crippen molar-refractivity contribution in [1.29, 1.82) is 0 Å². The monoisotopic (exact) mass is 279 g/mol. The van der Waals surface area contributed by atoms with Crippen molar-refractivity contribution in [3.05, 3.63) is 16.1 Å². The highest BCUT2D eigenvalue weighted by molar-refractivity contribution is 7.92. The number of hydrogen-bond donors (Lipinski definition) is 0. The van der Waals surface area contributed by atoms with E-state index >= 15 is 0 Å². The molecule has 16 heavy (non-hydrogen) atoms. The quantitative estimate of drug-likeness (QED) is 0.796. The molecule has 0 N–H and O–H groups in total. The van der Waals surface area contributed by atoms with Gasteiger partial charge in [-0.15, -0.1) is 22.9 Å². The molecule has 1 aromatic rings. The third kappa shape index (κ3) is 1.69. The van der Waals surface area contributed by atoms with Crippen molar-refractivity contribution in [2.24, 2.45) is 0 Å². The molecule has 1 saturated carbocycles. The summed E-state index contributed by atoms with van der Waals surface area (Å²) in [6, 6.07) is 0. The molecule has 1 aliphatic rings. The van der Waals surface area contributed by atoms with Crippen LogP contribution in [0.3, 0.4) is 0 Å². The number of rotatable bonds is 4. The first-order valence-corrected chi connectivity index (χ1v) is 8.35. The summed E-state index contributed by atoms with van der Waals surface area (Å²) in [5.41, 5.74) is 0.777. The largest absolute Gasteiger partial charge is 0.243 e. The molecular weight excluding hydrogens is 266 g/mol. The van der Waals surface area contributed by atoms with Crippen LogP contribution in [-0.2, 0) is 20.5 Å². The molecular formula is C10H14ClNO2S2. The van der Waals surface area contributed by atoms with Crippen LogP contribution >= 0.6 is 22.9 Å². The van der Waals surface area contributed by atoms with Gasteiger partial charge in [0.1, 0.15) is 9.75 Å². The number of sulfone groups is 1. The molecule has 0 unspecified atom stereocenters. The molecule has 0 atom stereocenters. The molecule has 1 aromatic heterocycles. The van der Waals surface area contributed by atoms with E-state index in [-0.39, 0.29) is 5.75 Å². The van der Waals surface area contributed by atoms with Crippen LogP contribution in [0.25, 0.3) is 0 Å². The van der Waals surface area contributed by atoms with E-state index in [4.69, 9.17) is 11.6 Å². The van der Waals surface area contributed by atoms with Gasteiger partial charge in [0.15, 0.2) is 9.84 Å². The van der Waals surface area contributed by atoms with Crippen molar-refractivity contribution in [3.8, 4) is 0 Å².